The van der Waals surface area contributed by atoms with Crippen molar-refractivity contribution in [1.82, 2.24) is 4.91 Å². The molecule has 0 fully saturated rings. The number of aliphatic hydroxyl groups excluding tert-OH is 1. The Hall–Kier alpha value is -0.730. The Bertz CT molecular complexity index is 65.2. The van der Waals surface area contributed by atoms with Crippen molar-refractivity contribution in [2.24, 2.45) is 5.11 Å². The third-order valence-electron chi connectivity index (χ3n) is 0.271. The molecule has 0 aromatic rings. The average molecular weight is 88.1 g/mol. The maximum Gasteiger partial charge on any atom is 0.214 e. The largest absolute Gasteiger partial charge is 0.394 e. The lowest BCUT2D eigenvalue weighted by atomic mass is 10.8. The summed E-state index contributed by atoms with van der Waals surface area (Å²) < 4.78 is 0. The average Bonchev–Trinajstić information content (AvgIpc) is 1.61. The number of nitrogens with zero attached hydrogens (tertiary/aromatic N) is 2. The lowest BCUT2D eigenvalue weighted by Crippen LogP contribution is -1.84. The van der Waals surface area contributed by atoms with E-state index in [0.29, 0.717) is 0 Å². The molecule has 4 nitrogen and oxygen atoms in total. The highest BCUT2D eigenvalue weighted by molar-refractivity contribution is 4.24. The van der Waals surface area contributed by atoms with Gasteiger partial charge >= 0.3 is 0 Å². The van der Waals surface area contributed by atoms with Crippen molar-refractivity contribution in [3.63, 3.8) is 0 Å². The van der Waals surface area contributed by atoms with Crippen molar-refractivity contribution in [3.8, 4) is 0 Å². The normalized spacial score (nSPS) is 6.83. The minimum Gasteiger partial charge on any atom is -0.394 e. The number of hydrogen-bond donors (Lipinski definition) is 2. The summed E-state index contributed by atoms with van der Waals surface area (Å²) in [4.78, 5) is 2.64. The zero-order valence-electron chi connectivity index (χ0n) is 3.26. The van der Waals surface area contributed by atoms with Crippen LogP contribution in [0.1, 0.15) is 0 Å². The summed E-state index contributed by atoms with van der Waals surface area (Å²) in [6.45, 7) is 0.214. The minimum atomic E-state index is -0.0254. The SMILES string of the molecule is N=[N+]=NCCO. The van der Waals surface area contributed by atoms with E-state index in [4.69, 9.17) is 10.6 Å². The van der Waals surface area contributed by atoms with Gasteiger partial charge in [-0.1, -0.05) is 0 Å². The molecule has 6 heavy (non-hydrogen) atoms. The molecule has 0 spiro atoms. The van der Waals surface area contributed by atoms with Gasteiger partial charge in [-0.25, -0.2) is 0 Å². The molecule has 2 N–H and O–H groups in total. The lowest BCUT2D eigenvalue weighted by Gasteiger charge is -1.64. The zero-order valence-corrected chi connectivity index (χ0v) is 3.26. The second-order valence-electron chi connectivity index (χ2n) is 0.689. The van der Waals surface area contributed by atoms with E-state index in [1.807, 2.05) is 0 Å². The standard InChI is InChI=1S/C2H6N3O/c3-5-4-1-2-6/h3,6H,1-2H2/q+1. The van der Waals surface area contributed by atoms with Gasteiger partial charge in [0, 0.05) is 0 Å². The van der Waals surface area contributed by atoms with Crippen LogP contribution in [-0.4, -0.2) is 18.3 Å². The third kappa shape index (κ3) is 3.27. The minimum absolute atomic E-state index is 0.0254. The maximum atomic E-state index is 7.96. The van der Waals surface area contributed by atoms with Crippen molar-refractivity contribution >= 4 is 0 Å². The van der Waals surface area contributed by atoms with E-state index >= 15 is 0 Å². The van der Waals surface area contributed by atoms with Gasteiger partial charge in [0.25, 0.3) is 0 Å². The van der Waals surface area contributed by atoms with Crippen molar-refractivity contribution < 1.29 is 5.11 Å². The highest BCUT2D eigenvalue weighted by Crippen LogP contribution is 1.55. The second kappa shape index (κ2) is 4.27. The summed E-state index contributed by atoms with van der Waals surface area (Å²) in [5.41, 5.74) is 6.05. The molecule has 0 bridgehead atoms. The topological polar surface area (TPSA) is 70.5 Å². The first-order valence-electron chi connectivity index (χ1n) is 1.56. The van der Waals surface area contributed by atoms with Gasteiger partial charge in [0.2, 0.25) is 4.91 Å². The Morgan fingerprint density at radius 2 is 2.50 bits per heavy atom. The molecule has 0 aliphatic carbocycles. The molecule has 0 unspecified atom stereocenters. The highest BCUT2D eigenvalue weighted by Gasteiger charge is 1.77. The van der Waals surface area contributed by atoms with Crippen LogP contribution in [0, 0.1) is 5.53 Å². The molecule has 0 saturated heterocycles. The van der Waals surface area contributed by atoms with E-state index in [-0.39, 0.29) is 13.2 Å². The van der Waals surface area contributed by atoms with Crippen molar-refractivity contribution in [1.29, 1.82) is 5.53 Å². The molecule has 0 heterocycles. The van der Waals surface area contributed by atoms with Crippen LogP contribution in [-0.2, 0) is 0 Å². The Morgan fingerprint density at radius 1 is 1.83 bits per heavy atom. The molecular weight excluding hydrogens is 82.0 g/mol. The Balaban J connectivity index is 2.86. The molecule has 0 aromatic carbocycles. The second-order valence-corrected chi connectivity index (χ2v) is 0.689. The van der Waals surface area contributed by atoms with Gasteiger partial charge in [-0.2, -0.15) is 0 Å². The number of rotatable bonds is 2. The Labute approximate surface area is 35.0 Å². The van der Waals surface area contributed by atoms with Gasteiger partial charge in [-0.3, -0.25) is 0 Å². The molecule has 0 atom stereocenters. The third-order valence-corrected chi connectivity index (χ3v) is 0.271. The molecule has 0 rings (SSSR count). The van der Waals surface area contributed by atoms with E-state index < -0.39 is 0 Å². The molecule has 4 heteroatoms. The predicted octanol–water partition coefficient (Wildman–Crippen LogP) is -0.471. The maximum absolute atomic E-state index is 7.96. The van der Waals surface area contributed by atoms with Gasteiger partial charge in [0.15, 0.2) is 0 Å². The van der Waals surface area contributed by atoms with Crippen molar-refractivity contribution in [2.75, 3.05) is 13.2 Å². The monoisotopic (exact) mass is 88.1 g/mol. The Kier molecular flexibility index (Phi) is 3.75. The van der Waals surface area contributed by atoms with Crippen molar-refractivity contribution in [3.05, 3.63) is 0 Å². The smallest absolute Gasteiger partial charge is 0.214 e. The van der Waals surface area contributed by atoms with Gasteiger partial charge in [0.05, 0.1) is 6.61 Å². The van der Waals surface area contributed by atoms with Crippen LogP contribution in [0.3, 0.4) is 0 Å². The fourth-order valence-electron chi connectivity index (χ4n) is 0.0947. The van der Waals surface area contributed by atoms with Crippen LogP contribution in [0.2, 0.25) is 0 Å². The van der Waals surface area contributed by atoms with Crippen LogP contribution in [0.15, 0.2) is 5.11 Å². The number of aliphatic hydroxyl groups is 1. The van der Waals surface area contributed by atoms with Crippen molar-refractivity contribution in [2.45, 2.75) is 0 Å². The van der Waals surface area contributed by atoms with Crippen LogP contribution in [0.4, 0.5) is 0 Å². The lowest BCUT2D eigenvalue weighted by molar-refractivity contribution is 0.304. The van der Waals surface area contributed by atoms with E-state index in [9.17, 15) is 0 Å². The summed E-state index contributed by atoms with van der Waals surface area (Å²) >= 11 is 0. The quantitative estimate of drug-likeness (QED) is 0.347. The highest BCUT2D eigenvalue weighted by atomic mass is 16.3. The van der Waals surface area contributed by atoms with Crippen LogP contribution >= 0.6 is 0 Å². The molecule has 34 valence electrons. The first kappa shape index (κ1) is 5.27. The summed E-state index contributed by atoms with van der Waals surface area (Å²) in [5, 5.41) is 11.1. The summed E-state index contributed by atoms with van der Waals surface area (Å²) in [5.74, 6) is 0. The summed E-state index contributed by atoms with van der Waals surface area (Å²) in [6.07, 6.45) is 0. The molecule has 0 aliphatic rings. The van der Waals surface area contributed by atoms with Gasteiger partial charge in [0.1, 0.15) is 17.2 Å². The van der Waals surface area contributed by atoms with Gasteiger partial charge in [-0.15, -0.1) is 0 Å². The van der Waals surface area contributed by atoms with Gasteiger partial charge < -0.3 is 5.11 Å². The summed E-state index contributed by atoms with van der Waals surface area (Å²) in [7, 11) is 0. The molecule has 0 saturated carbocycles. The number of nitrogens with one attached hydrogen (secondary N) is 1. The van der Waals surface area contributed by atoms with Crippen LogP contribution in [0.25, 0.3) is 0 Å². The molecule has 0 aromatic heterocycles. The summed E-state index contributed by atoms with van der Waals surface area (Å²) in [6, 6.07) is 0. The fourth-order valence-corrected chi connectivity index (χ4v) is 0.0947. The van der Waals surface area contributed by atoms with Crippen LogP contribution in [0.5, 0.6) is 0 Å². The molecular formula is C2H6N3O+. The molecule has 0 amide bonds. The van der Waals surface area contributed by atoms with Crippen LogP contribution < -0.4 is 4.91 Å². The van der Waals surface area contributed by atoms with E-state index in [2.05, 4.69) is 10.0 Å². The number of hydrogen-bond acceptors (Lipinski definition) is 3. The molecule has 0 radical (unpaired) electrons. The van der Waals surface area contributed by atoms with E-state index in [1.165, 1.54) is 0 Å². The molecule has 0 aliphatic heterocycles. The van der Waals surface area contributed by atoms with E-state index in [1.54, 1.807) is 0 Å². The van der Waals surface area contributed by atoms with Gasteiger partial charge in [-0.05, 0) is 0 Å². The Morgan fingerprint density at radius 3 is 2.67 bits per heavy atom. The zero-order chi connectivity index (χ0) is 4.83. The predicted molar refractivity (Wildman–Crippen MR) is 19.2 cm³/mol. The first-order chi connectivity index (χ1) is 2.91. The van der Waals surface area contributed by atoms with E-state index in [0.717, 1.165) is 0 Å². The fraction of sp³-hybridized carbons (Fsp3) is 1.00. The first-order valence-corrected chi connectivity index (χ1v) is 1.56.